The maximum absolute atomic E-state index is 10.2. The highest BCUT2D eigenvalue weighted by Crippen LogP contribution is 2.29. The second-order valence-electron chi connectivity index (χ2n) is 23.6. The summed E-state index contributed by atoms with van der Waals surface area (Å²) in [7, 11) is 0. The van der Waals surface area contributed by atoms with Crippen LogP contribution in [0.4, 0.5) is 4.79 Å². The minimum Gasteiger partial charge on any atom is -0.430 e. The molecule has 0 aromatic heterocycles. The van der Waals surface area contributed by atoms with Crippen molar-refractivity contribution in [1.82, 2.24) is 0 Å². The van der Waals surface area contributed by atoms with Crippen LogP contribution in [0, 0.1) is 29.6 Å². The number of hydrogen-bond acceptors (Lipinski definition) is 7. The highest BCUT2D eigenvalue weighted by molar-refractivity contribution is 5.61. The van der Waals surface area contributed by atoms with Crippen LogP contribution < -0.4 is 0 Å². The van der Waals surface area contributed by atoms with Gasteiger partial charge in [0, 0.05) is 0 Å². The number of ether oxygens (including phenoxy) is 6. The quantitative estimate of drug-likeness (QED) is 0.202. The molecular weight excluding hydrogens is 977 g/mol. The van der Waals surface area contributed by atoms with Gasteiger partial charge in [-0.15, -0.1) is 0 Å². The summed E-state index contributed by atoms with van der Waals surface area (Å²) < 4.78 is 30.1. The molecule has 3 saturated heterocycles. The molecule has 0 spiro atoms. The maximum atomic E-state index is 10.2. The first-order valence-electron chi connectivity index (χ1n) is 33.0. The molecule has 7 heteroatoms. The third kappa shape index (κ3) is 44.3. The van der Waals surface area contributed by atoms with Gasteiger partial charge >= 0.3 is 6.16 Å². The molecule has 10 aliphatic rings. The van der Waals surface area contributed by atoms with Crippen molar-refractivity contribution in [3.05, 3.63) is 47.6 Å². The van der Waals surface area contributed by atoms with Crippen LogP contribution in [0.25, 0.3) is 0 Å². The second-order valence-corrected chi connectivity index (χ2v) is 23.6. The Labute approximate surface area is 495 Å². The molecule has 0 aromatic carbocycles. The molecule has 0 radical (unpaired) electrons. The van der Waals surface area contributed by atoms with Crippen molar-refractivity contribution in [2.24, 2.45) is 29.6 Å². The van der Waals surface area contributed by atoms with Gasteiger partial charge in [-0.25, -0.2) is 4.79 Å². The van der Waals surface area contributed by atoms with E-state index in [1.54, 1.807) is 5.57 Å². The Hall–Kier alpha value is -1.93. The van der Waals surface area contributed by atoms with Crippen molar-refractivity contribution in [3.8, 4) is 0 Å². The van der Waals surface area contributed by atoms with E-state index in [-0.39, 0.29) is 40.5 Å². The Morgan fingerprint density at radius 1 is 0.481 bits per heavy atom. The molecule has 3 heterocycles. The second kappa shape index (κ2) is 55.3. The van der Waals surface area contributed by atoms with Crippen molar-refractivity contribution in [2.45, 2.75) is 354 Å². The normalized spacial score (nSPS) is 23.1. The first-order chi connectivity index (χ1) is 36.9. The largest absolute Gasteiger partial charge is 0.508 e. The van der Waals surface area contributed by atoms with E-state index < -0.39 is 6.16 Å². The Balaban J connectivity index is -0.000000810. The predicted molar refractivity (Wildman–Crippen MR) is 347 cm³/mol. The molecule has 7 aliphatic carbocycles. The zero-order chi connectivity index (χ0) is 55.9. The SMILES string of the molecule is C.C.C.CCC1=CC=CC1.CCC1=CCC=C1.CCC1CCCC1.CCC1CCCC1.CCC1CCCCC1.CCC1CCCCC1.CCC1CCCCC1.CCC1COC(=O)O1.CCC1COC(C)(C)O1.CCC1OCCO1. The molecule has 79 heavy (non-hydrogen) atoms. The Bertz CT molecular complexity index is 1330. The van der Waals surface area contributed by atoms with Crippen LogP contribution in [0.15, 0.2) is 47.6 Å². The molecule has 5 saturated carbocycles. The summed E-state index contributed by atoms with van der Waals surface area (Å²) in [5.41, 5.74) is 3.04. The third-order valence-electron chi connectivity index (χ3n) is 17.2. The van der Waals surface area contributed by atoms with Crippen molar-refractivity contribution < 1.29 is 33.2 Å². The van der Waals surface area contributed by atoms with E-state index in [1.165, 1.54) is 205 Å². The van der Waals surface area contributed by atoms with E-state index in [1.807, 2.05) is 20.8 Å². The van der Waals surface area contributed by atoms with Crippen LogP contribution in [0.1, 0.15) is 330 Å². The van der Waals surface area contributed by atoms with Crippen LogP contribution >= 0.6 is 0 Å². The van der Waals surface area contributed by atoms with Gasteiger partial charge in [-0.05, 0) is 88.4 Å². The molecule has 7 nitrogen and oxygen atoms in total. The summed E-state index contributed by atoms with van der Waals surface area (Å²) in [6.45, 7) is 28.7. The standard InChI is InChI=1S/3C8H16.C7H14O2.2C7H14.2C7H10.C5H8O3.C5H10O2.3CH4/c3*1-2-8-6-4-3-5-7-8;1-4-6-5-8-7(2,3)9-6;4*1-2-7-5-3-4-6-7;1-2-4-3-7-5(6)8-4;1-2-5-6-3-4-7-5;;;/h3*8H,2-7H2,1H3;6H,4-5H2,1-3H3;2*7H,2-6H2,1H3;3,5-6H,2,4H2,1H3;3-5H,2,6H2,1H3;4H,2-3H2,1H3;5H,2-4H2,1H3;3*1H4. The van der Waals surface area contributed by atoms with E-state index in [0.717, 1.165) is 75.1 Å². The van der Waals surface area contributed by atoms with Crippen LogP contribution in [0.5, 0.6) is 0 Å². The van der Waals surface area contributed by atoms with Crippen LogP contribution in [0.3, 0.4) is 0 Å². The van der Waals surface area contributed by atoms with Gasteiger partial charge < -0.3 is 28.4 Å². The van der Waals surface area contributed by atoms with Gasteiger partial charge in [0.2, 0.25) is 0 Å². The maximum Gasteiger partial charge on any atom is 0.508 e. The van der Waals surface area contributed by atoms with E-state index in [2.05, 4.69) is 108 Å². The fourth-order valence-corrected chi connectivity index (χ4v) is 11.3. The topological polar surface area (TPSA) is 72.5 Å². The number of allylic oxidation sites excluding steroid dienone is 8. The molecule has 2 unspecified atom stereocenters. The van der Waals surface area contributed by atoms with Gasteiger partial charge in [-0.1, -0.05) is 319 Å². The first-order valence-corrected chi connectivity index (χ1v) is 33.0. The van der Waals surface area contributed by atoms with Gasteiger partial charge in [0.1, 0.15) is 12.7 Å². The number of hydrogen-bond donors (Lipinski definition) is 0. The van der Waals surface area contributed by atoms with Crippen molar-refractivity contribution in [2.75, 3.05) is 26.4 Å². The molecule has 0 aromatic rings. The lowest BCUT2D eigenvalue weighted by Gasteiger charge is -2.18. The molecule has 0 bridgehead atoms. The summed E-state index contributed by atoms with van der Waals surface area (Å²) in [4.78, 5) is 10.2. The molecular formula is C72H140O7. The summed E-state index contributed by atoms with van der Waals surface area (Å²) >= 11 is 0. The first kappa shape index (κ1) is 81.3. The summed E-state index contributed by atoms with van der Waals surface area (Å²) in [5, 5.41) is 0. The highest BCUT2D eigenvalue weighted by atomic mass is 16.8. The van der Waals surface area contributed by atoms with E-state index in [9.17, 15) is 4.79 Å². The van der Waals surface area contributed by atoms with Gasteiger partial charge in [0.05, 0.1) is 25.9 Å². The lowest BCUT2D eigenvalue weighted by atomic mass is 9.88. The average Bonchev–Trinajstić information content (AvgIpc) is 4.34. The van der Waals surface area contributed by atoms with Crippen LogP contribution in [0.2, 0.25) is 0 Å². The van der Waals surface area contributed by atoms with Crippen molar-refractivity contribution in [1.29, 1.82) is 0 Å². The van der Waals surface area contributed by atoms with E-state index >= 15 is 0 Å². The number of cyclic esters (lactones) is 2. The molecule has 0 amide bonds. The smallest absolute Gasteiger partial charge is 0.430 e. The van der Waals surface area contributed by atoms with Crippen LogP contribution in [-0.4, -0.2) is 56.9 Å². The van der Waals surface area contributed by atoms with E-state index in [0.29, 0.717) is 12.7 Å². The van der Waals surface area contributed by atoms with Crippen molar-refractivity contribution in [3.63, 3.8) is 0 Å². The Morgan fingerprint density at radius 3 is 1.06 bits per heavy atom. The molecule has 470 valence electrons. The average molecular weight is 1120 g/mol. The number of carbonyl (C=O) groups is 1. The van der Waals surface area contributed by atoms with Crippen molar-refractivity contribution >= 4 is 6.16 Å². The molecule has 3 aliphatic heterocycles. The monoisotopic (exact) mass is 1120 g/mol. The molecule has 2 atom stereocenters. The fourth-order valence-electron chi connectivity index (χ4n) is 11.3. The Morgan fingerprint density at radius 2 is 0.886 bits per heavy atom. The van der Waals surface area contributed by atoms with Gasteiger partial charge in [0.15, 0.2) is 12.1 Å². The van der Waals surface area contributed by atoms with Gasteiger partial charge in [-0.2, -0.15) is 0 Å². The summed E-state index contributed by atoms with van der Waals surface area (Å²) in [6, 6.07) is 0. The molecule has 10 rings (SSSR count). The zero-order valence-corrected chi connectivity index (χ0v) is 52.5. The zero-order valence-electron chi connectivity index (χ0n) is 52.5. The Kier molecular flexibility index (Phi) is 56.9. The summed E-state index contributed by atoms with van der Waals surface area (Å²) in [6.07, 6.45) is 62.3. The lowest BCUT2D eigenvalue weighted by molar-refractivity contribution is -0.138. The van der Waals surface area contributed by atoms with Crippen LogP contribution in [-0.2, 0) is 28.4 Å². The van der Waals surface area contributed by atoms with Gasteiger partial charge in [-0.3, -0.25) is 0 Å². The predicted octanol–water partition coefficient (Wildman–Crippen LogP) is 23.8. The fraction of sp³-hybridized carbons (Fsp3) is 0.875. The van der Waals surface area contributed by atoms with E-state index in [4.69, 9.17) is 18.9 Å². The summed E-state index contributed by atoms with van der Waals surface area (Å²) in [5.74, 6) is 5.12. The third-order valence-corrected chi connectivity index (χ3v) is 17.2. The lowest BCUT2D eigenvalue weighted by Crippen LogP contribution is -2.21. The minimum absolute atomic E-state index is 0. The molecule has 0 N–H and O–H groups in total. The molecule has 8 fully saturated rings. The van der Waals surface area contributed by atoms with Gasteiger partial charge in [0.25, 0.3) is 0 Å². The minimum atomic E-state index is -0.531. The highest BCUT2D eigenvalue weighted by Gasteiger charge is 2.31. The number of rotatable bonds is 10. The number of carbonyl (C=O) groups excluding carboxylic acids is 1.